The smallest absolute Gasteiger partial charge is 0.190 e. The number of hydrogen-bond donors (Lipinski definition) is 0. The van der Waals surface area contributed by atoms with Crippen molar-refractivity contribution in [2.24, 2.45) is 0 Å². The van der Waals surface area contributed by atoms with E-state index in [-0.39, 0.29) is 10.1 Å². The number of rotatable bonds is 16. The molecule has 0 fully saturated rings. The second-order valence-electron chi connectivity index (χ2n) is 12.4. The summed E-state index contributed by atoms with van der Waals surface area (Å²) in [6, 6.07) is 0. The molecule has 0 aromatic rings. The van der Waals surface area contributed by atoms with Crippen LogP contribution in [0, 0.1) is 0 Å². The summed E-state index contributed by atoms with van der Waals surface area (Å²) in [4.78, 5) is 0. The van der Waals surface area contributed by atoms with E-state index in [2.05, 4.69) is 83.1 Å². The van der Waals surface area contributed by atoms with E-state index >= 15 is 0 Å². The van der Waals surface area contributed by atoms with Gasteiger partial charge in [-0.15, -0.1) is 23.2 Å². The molecule has 0 bridgehead atoms. The zero-order chi connectivity index (χ0) is 24.7. The highest BCUT2D eigenvalue weighted by Gasteiger charge is 2.62. The Kier molecular flexibility index (Phi) is 13.6. The van der Waals surface area contributed by atoms with Crippen LogP contribution in [-0.4, -0.2) is 28.4 Å². The molecule has 0 saturated carbocycles. The molecule has 0 N–H and O–H groups in total. The summed E-state index contributed by atoms with van der Waals surface area (Å²) in [5.41, 5.74) is 2.34. The van der Waals surface area contributed by atoms with Crippen LogP contribution < -0.4 is 0 Å². The minimum absolute atomic E-state index is 0.218. The van der Waals surface area contributed by atoms with Crippen LogP contribution in [0.2, 0.25) is 32.2 Å². The molecule has 0 radical (unpaired) electrons. The third-order valence-electron chi connectivity index (χ3n) is 8.25. The van der Waals surface area contributed by atoms with Gasteiger partial charge in [-0.05, 0) is 57.9 Å². The molecule has 0 amide bonds. The summed E-state index contributed by atoms with van der Waals surface area (Å²) in [5, 5.41) is 0.436. The maximum absolute atomic E-state index is 8.07. The topological polar surface area (TPSA) is 9.23 Å². The van der Waals surface area contributed by atoms with Crippen molar-refractivity contribution in [2.75, 3.05) is 11.8 Å². The molecule has 0 aromatic heterocycles. The van der Waals surface area contributed by atoms with E-state index in [0.717, 1.165) is 24.6 Å². The molecule has 0 atom stereocenters. The zero-order valence-corrected chi connectivity index (χ0v) is 26.6. The van der Waals surface area contributed by atoms with Crippen LogP contribution in [0.4, 0.5) is 0 Å². The first-order valence-electron chi connectivity index (χ1n) is 12.9. The van der Waals surface area contributed by atoms with Gasteiger partial charge in [-0.2, -0.15) is 0 Å². The van der Waals surface area contributed by atoms with Gasteiger partial charge in [0.1, 0.15) is 0 Å². The normalized spacial score (nSPS) is 14.5. The summed E-state index contributed by atoms with van der Waals surface area (Å²) in [7, 11) is -4.31. The van der Waals surface area contributed by atoms with Gasteiger partial charge in [-0.25, -0.2) is 0 Å². The minimum atomic E-state index is -2.15. The van der Waals surface area contributed by atoms with E-state index < -0.39 is 16.6 Å². The summed E-state index contributed by atoms with van der Waals surface area (Å²) in [5.74, 6) is 1.53. The number of unbranched alkanes of at least 4 members (excludes halogenated alkanes) is 2. The average Bonchev–Trinajstić information content (AvgIpc) is 2.61. The molecule has 188 valence electrons. The van der Waals surface area contributed by atoms with Gasteiger partial charge in [0.15, 0.2) is 16.6 Å². The van der Waals surface area contributed by atoms with Crippen LogP contribution >= 0.6 is 23.2 Å². The first kappa shape index (κ1) is 32.0. The Balaban J connectivity index is 6.66. The number of alkyl halides is 2. The van der Waals surface area contributed by atoms with Crippen molar-refractivity contribution in [2.45, 2.75) is 154 Å². The monoisotopic (exact) mass is 510 g/mol. The standard InChI is InChI=1S/C26H56Cl2OSi2/c1-21(2)30(22(3)4,25(9,10)17-13-15-19-27)29-31(23(5)6,24(7)8)26(11,12)18-14-16-20-28/h21-24H,13-20H2,1-12H3. The highest BCUT2D eigenvalue weighted by Crippen LogP contribution is 2.61. The molecule has 31 heavy (non-hydrogen) atoms. The van der Waals surface area contributed by atoms with E-state index in [1.165, 1.54) is 25.7 Å². The highest BCUT2D eigenvalue weighted by atomic mass is 35.5. The fourth-order valence-corrected chi connectivity index (χ4v) is 25.8. The minimum Gasteiger partial charge on any atom is -0.453 e. The molecular formula is C26H56Cl2OSi2. The van der Waals surface area contributed by atoms with Gasteiger partial charge in [0, 0.05) is 11.8 Å². The third-order valence-corrected chi connectivity index (χ3v) is 23.1. The molecule has 0 aliphatic carbocycles. The summed E-state index contributed by atoms with van der Waals surface area (Å²) in [6.07, 6.45) is 7.04. The van der Waals surface area contributed by atoms with E-state index in [1.807, 2.05) is 0 Å². The van der Waals surface area contributed by atoms with Gasteiger partial charge in [0.25, 0.3) is 0 Å². The predicted molar refractivity (Wildman–Crippen MR) is 150 cm³/mol. The maximum atomic E-state index is 8.07. The highest BCUT2D eigenvalue weighted by molar-refractivity contribution is 6.92. The van der Waals surface area contributed by atoms with Gasteiger partial charge in [-0.3, -0.25) is 0 Å². The summed E-state index contributed by atoms with van der Waals surface area (Å²) < 4.78 is 8.07. The lowest BCUT2D eigenvalue weighted by molar-refractivity contribution is 0.345. The Labute approximate surface area is 209 Å². The Morgan fingerprint density at radius 3 is 1.00 bits per heavy atom. The van der Waals surface area contributed by atoms with Crippen molar-refractivity contribution < 1.29 is 4.12 Å². The van der Waals surface area contributed by atoms with E-state index in [4.69, 9.17) is 27.3 Å². The SMILES string of the molecule is CC(C)[Si](O[Si](C(C)C)(C(C)C)C(C)(C)CCCCCl)(C(C)C)C(C)(C)CCCCCl. The Bertz CT molecular complexity index is 442. The van der Waals surface area contributed by atoms with Crippen molar-refractivity contribution in [1.29, 1.82) is 0 Å². The average molecular weight is 512 g/mol. The fraction of sp³-hybridized carbons (Fsp3) is 1.00. The molecule has 0 aromatic carbocycles. The van der Waals surface area contributed by atoms with E-state index in [9.17, 15) is 0 Å². The van der Waals surface area contributed by atoms with Crippen molar-refractivity contribution in [3.8, 4) is 0 Å². The quantitative estimate of drug-likeness (QED) is 0.114. The van der Waals surface area contributed by atoms with E-state index in [0.29, 0.717) is 22.2 Å². The van der Waals surface area contributed by atoms with Crippen LogP contribution in [-0.2, 0) is 4.12 Å². The molecule has 0 aliphatic heterocycles. The maximum Gasteiger partial charge on any atom is 0.190 e. The van der Waals surface area contributed by atoms with Crippen LogP contribution in [0.5, 0.6) is 0 Å². The van der Waals surface area contributed by atoms with Crippen LogP contribution in [0.1, 0.15) is 122 Å². The Hall–Kier alpha value is 0.974. The van der Waals surface area contributed by atoms with Crippen LogP contribution in [0.25, 0.3) is 0 Å². The zero-order valence-electron chi connectivity index (χ0n) is 23.1. The lowest BCUT2D eigenvalue weighted by Crippen LogP contribution is -2.65. The Morgan fingerprint density at radius 1 is 0.548 bits per heavy atom. The van der Waals surface area contributed by atoms with Crippen LogP contribution in [0.3, 0.4) is 0 Å². The summed E-state index contributed by atoms with van der Waals surface area (Å²) >= 11 is 12.1. The molecule has 0 saturated heterocycles. The summed E-state index contributed by atoms with van der Waals surface area (Å²) in [6.45, 7) is 29.7. The van der Waals surface area contributed by atoms with Gasteiger partial charge >= 0.3 is 0 Å². The van der Waals surface area contributed by atoms with E-state index in [1.54, 1.807) is 0 Å². The molecular weight excluding hydrogens is 455 g/mol. The molecule has 0 unspecified atom stereocenters. The van der Waals surface area contributed by atoms with Crippen molar-refractivity contribution in [3.05, 3.63) is 0 Å². The first-order valence-corrected chi connectivity index (χ1v) is 18.1. The van der Waals surface area contributed by atoms with Crippen molar-refractivity contribution in [1.82, 2.24) is 0 Å². The molecule has 0 spiro atoms. The Morgan fingerprint density at radius 2 is 0.806 bits per heavy atom. The molecule has 0 aliphatic rings. The first-order chi connectivity index (χ1) is 14.1. The predicted octanol–water partition coefficient (Wildman–Crippen LogP) is 10.9. The molecule has 0 rings (SSSR count). The molecule has 0 heterocycles. The molecule has 1 nitrogen and oxygen atoms in total. The van der Waals surface area contributed by atoms with Gasteiger partial charge in [0.2, 0.25) is 0 Å². The van der Waals surface area contributed by atoms with Crippen LogP contribution in [0.15, 0.2) is 0 Å². The third kappa shape index (κ3) is 6.99. The largest absolute Gasteiger partial charge is 0.453 e. The second kappa shape index (κ2) is 13.2. The van der Waals surface area contributed by atoms with Crippen molar-refractivity contribution in [3.63, 3.8) is 0 Å². The lowest BCUT2D eigenvalue weighted by Gasteiger charge is -2.61. The van der Waals surface area contributed by atoms with Crippen molar-refractivity contribution >= 4 is 39.8 Å². The molecule has 5 heteroatoms. The fourth-order valence-electron chi connectivity index (χ4n) is 7.20. The lowest BCUT2D eigenvalue weighted by atomic mass is 10.1. The second-order valence-corrected chi connectivity index (χ2v) is 24.4. The number of halogens is 2. The van der Waals surface area contributed by atoms with Gasteiger partial charge < -0.3 is 4.12 Å². The van der Waals surface area contributed by atoms with Gasteiger partial charge in [0.05, 0.1) is 0 Å². The van der Waals surface area contributed by atoms with Gasteiger partial charge in [-0.1, -0.05) is 95.9 Å². The number of hydrogen-bond acceptors (Lipinski definition) is 1.